The Kier molecular flexibility index (Phi) is 23.1. The van der Waals surface area contributed by atoms with Crippen molar-refractivity contribution < 1.29 is 86.2 Å². The van der Waals surface area contributed by atoms with Crippen molar-refractivity contribution >= 4 is 76.9 Å². The van der Waals surface area contributed by atoms with Gasteiger partial charge >= 0.3 is 26.4 Å². The minimum atomic E-state index is -4.61. The molecule has 3 aliphatic rings. The molecule has 32 heteroatoms. The number of benzene rings is 3. The van der Waals surface area contributed by atoms with E-state index in [9.17, 15) is 53.9 Å². The Bertz CT molecular complexity index is 5190. The van der Waals surface area contributed by atoms with Crippen LogP contribution in [0.4, 0.5) is 39.5 Å². The van der Waals surface area contributed by atoms with Gasteiger partial charge in [0.05, 0.1) is 33.4 Å². The average molecular weight is 1610 g/mol. The molecule has 596 valence electrons. The predicted octanol–water partition coefficient (Wildman–Crippen LogP) is 20.1. The lowest BCUT2D eigenvalue weighted by molar-refractivity contribution is -0.138. The van der Waals surface area contributed by atoms with Crippen molar-refractivity contribution in [1.29, 1.82) is 0 Å². The highest BCUT2D eigenvalue weighted by atomic mass is 31.2. The van der Waals surface area contributed by atoms with Crippen LogP contribution in [0.5, 0.6) is 34.9 Å². The Morgan fingerprint density at radius 1 is 0.379 bits per heavy atom. The highest BCUT2D eigenvalue weighted by Gasteiger charge is 2.35. The van der Waals surface area contributed by atoms with Gasteiger partial charge in [-0.25, -0.2) is 34.5 Å². The molecule has 116 heavy (non-hydrogen) atoms. The predicted molar refractivity (Wildman–Crippen MR) is 410 cm³/mol. The lowest BCUT2D eigenvalue weighted by Gasteiger charge is -2.25. The minimum absolute atomic E-state index is 0.0227. The third-order valence-electron chi connectivity index (χ3n) is 20.1. The van der Waals surface area contributed by atoms with Gasteiger partial charge in [0, 0.05) is 108 Å². The van der Waals surface area contributed by atoms with Gasteiger partial charge in [0.15, 0.2) is 0 Å². The summed E-state index contributed by atoms with van der Waals surface area (Å²) in [6.07, 6.45) is 12.2. The molecule has 3 fully saturated rings. The molecule has 3 aliphatic carbocycles. The number of hydrogen-bond donors (Lipinski definition) is 3. The average Bonchev–Trinajstić information content (AvgIpc) is 1.65. The van der Waals surface area contributed by atoms with Crippen molar-refractivity contribution in [1.82, 2.24) is 59.6 Å². The lowest BCUT2D eigenvalue weighted by Crippen LogP contribution is -2.36. The van der Waals surface area contributed by atoms with Crippen molar-refractivity contribution in [3.8, 4) is 34.9 Å². The SMILES string of the molecule is O=C(NC1CCC(=Cc2cccc(Oc3ccc(C(F)(F)F)cn3)c2)CC1)c1cnc2c(ccn2COP(=O)(OCn2ccc3cc(C(=O)NC4CCC(=Cc5cccc(Oc6ccc(C(F)(F)F)cn6)c5)CC4)cnc32)OCn2ccc3cc(C(=O)NC4CCC(=Cc5cccc(Oc6ccc(C(F)(F)F)cn6)c5)CC4)cnc32)c1. The summed E-state index contributed by atoms with van der Waals surface area (Å²) in [7, 11) is -4.61. The monoisotopic (exact) mass is 1610 g/mol. The van der Waals surface area contributed by atoms with Gasteiger partial charge in [-0.1, -0.05) is 71.3 Å². The van der Waals surface area contributed by atoms with Crippen molar-refractivity contribution in [3.05, 3.63) is 268 Å². The van der Waals surface area contributed by atoms with Crippen molar-refractivity contribution in [2.24, 2.45) is 0 Å². The number of nitrogens with zero attached hydrogens (tertiary/aromatic N) is 9. The zero-order valence-corrected chi connectivity index (χ0v) is 62.5. The molecule has 0 unspecified atom stereocenters. The van der Waals surface area contributed by atoms with Crippen LogP contribution in [0.2, 0.25) is 0 Å². The van der Waals surface area contributed by atoms with Gasteiger partial charge in [-0.3, -0.25) is 28.0 Å². The fraction of sp³-hybridized carbons (Fsp3) is 0.250. The van der Waals surface area contributed by atoms with Gasteiger partial charge in [-0.15, -0.1) is 0 Å². The molecule has 3 amide bonds. The van der Waals surface area contributed by atoms with Crippen LogP contribution in [0, 0.1) is 0 Å². The van der Waals surface area contributed by atoms with Crippen LogP contribution in [0.25, 0.3) is 51.3 Å². The van der Waals surface area contributed by atoms with Gasteiger partial charge in [-0.2, -0.15) is 39.5 Å². The fourth-order valence-corrected chi connectivity index (χ4v) is 15.0. The van der Waals surface area contributed by atoms with E-state index in [0.29, 0.717) is 144 Å². The van der Waals surface area contributed by atoms with Crippen LogP contribution in [0.15, 0.2) is 218 Å². The third-order valence-corrected chi connectivity index (χ3v) is 21.4. The zero-order chi connectivity index (χ0) is 80.7. The van der Waals surface area contributed by atoms with Gasteiger partial charge in [-0.05, 0) is 185 Å². The molecule has 12 aromatic rings. The van der Waals surface area contributed by atoms with Crippen LogP contribution >= 0.6 is 7.82 Å². The molecular weight excluding hydrogens is 1540 g/mol. The van der Waals surface area contributed by atoms with Gasteiger partial charge in [0.25, 0.3) is 17.7 Å². The van der Waals surface area contributed by atoms with Crippen LogP contribution in [0.3, 0.4) is 0 Å². The molecule has 0 aliphatic heterocycles. The van der Waals surface area contributed by atoms with Crippen molar-refractivity contribution in [2.75, 3.05) is 0 Å². The molecule has 3 saturated carbocycles. The Hall–Kier alpha value is -12.3. The van der Waals surface area contributed by atoms with E-state index in [1.165, 1.54) is 36.8 Å². The summed E-state index contributed by atoms with van der Waals surface area (Å²) in [4.78, 5) is 66.6. The van der Waals surface area contributed by atoms with E-state index in [0.717, 1.165) is 70.2 Å². The summed E-state index contributed by atoms with van der Waals surface area (Å²) in [5, 5.41) is 11.1. The highest BCUT2D eigenvalue weighted by Crippen LogP contribution is 2.51. The second-order valence-electron chi connectivity index (χ2n) is 28.3. The summed E-state index contributed by atoms with van der Waals surface area (Å²) in [5.74, 6) is 0.330. The largest absolute Gasteiger partial charge is 0.480 e. The van der Waals surface area contributed by atoms with Gasteiger partial charge in [0.1, 0.15) is 54.4 Å². The first-order valence-electron chi connectivity index (χ1n) is 37.1. The molecule has 22 nitrogen and oxygen atoms in total. The first-order chi connectivity index (χ1) is 55.8. The third kappa shape index (κ3) is 19.9. The summed E-state index contributed by atoms with van der Waals surface area (Å²) in [5.41, 5.74) is 5.43. The number of pyridine rings is 6. The molecule has 3 aromatic carbocycles. The number of nitrogens with one attached hydrogen (secondary N) is 3. The fourth-order valence-electron chi connectivity index (χ4n) is 14.0. The molecule has 3 N–H and O–H groups in total. The number of phosphoric ester groups is 1. The number of alkyl halides is 9. The van der Waals surface area contributed by atoms with E-state index in [2.05, 4.69) is 45.9 Å². The smallest absolute Gasteiger partial charge is 0.439 e. The summed E-state index contributed by atoms with van der Waals surface area (Å²) >= 11 is 0. The molecule has 0 saturated heterocycles. The van der Waals surface area contributed by atoms with E-state index < -0.39 is 63.2 Å². The number of aromatic nitrogens is 9. The van der Waals surface area contributed by atoms with Gasteiger partial charge < -0.3 is 43.9 Å². The number of hydrogen-bond acceptors (Lipinski definition) is 16. The Morgan fingerprint density at radius 3 is 0.922 bits per heavy atom. The molecule has 0 bridgehead atoms. The maximum Gasteiger partial charge on any atom is 0.480 e. The van der Waals surface area contributed by atoms with Crippen LogP contribution in [0.1, 0.15) is 142 Å². The van der Waals surface area contributed by atoms with E-state index in [1.807, 2.05) is 36.4 Å². The molecule has 0 radical (unpaired) electrons. The van der Waals surface area contributed by atoms with Crippen molar-refractivity contribution in [2.45, 2.75) is 134 Å². The number of allylic oxidation sites excluding steroid dienone is 3. The number of rotatable bonds is 24. The van der Waals surface area contributed by atoms with E-state index >= 15 is 4.57 Å². The standard InChI is InChI=1S/C84H72F9N12O10P/c85-82(86,87)64-16-25-73(94-46-64)113-70-7-1-4-55(37-70)34-52-10-19-67(20-11-52)100-79(106)61-40-58-28-31-103(76(58)97-43-61)49-110-116(109,111-50-104-32-29-59-41-62(44-98-77(59)104)80(107)101-68-21-12-53(13-22-68)35-56-5-2-8-71(38-56)114-74-26-17-65(47-95-74)83(88,89)90)112-51-105-33-30-60-42-63(45-99-78(60)105)81(108)102-69-23-14-54(15-24-69)36-57-6-3-9-72(39-57)115-75-27-18-66(48-96-75)84(91,92)93/h1-9,16-18,25-48,67-69H,10-15,19-24,49-51H2,(H,100,106)(H,101,107)(H,102,108). The number of carbonyl (C=O) groups excluding carboxylic acids is 3. The van der Waals surface area contributed by atoms with Crippen LogP contribution in [-0.4, -0.2) is 79.5 Å². The number of carbonyl (C=O) groups is 3. The maximum absolute atomic E-state index is 15.1. The minimum Gasteiger partial charge on any atom is -0.439 e. The normalized spacial score (nSPS) is 16.7. The van der Waals surface area contributed by atoms with E-state index in [-0.39, 0.29) is 53.5 Å². The molecule has 15 rings (SSSR count). The summed E-state index contributed by atoms with van der Waals surface area (Å²) < 4.78 is 173. The number of halogens is 9. The quantitative estimate of drug-likeness (QED) is 0.0376. The molecule has 9 heterocycles. The Morgan fingerprint density at radius 2 is 0.664 bits per heavy atom. The highest BCUT2D eigenvalue weighted by molar-refractivity contribution is 7.48. The number of ether oxygens (including phenoxy) is 3. The zero-order valence-electron chi connectivity index (χ0n) is 61.6. The summed E-state index contributed by atoms with van der Waals surface area (Å²) in [6.45, 7) is -1.19. The molecule has 9 aromatic heterocycles. The number of fused-ring (bicyclic) bond motifs is 3. The topological polar surface area (TPSA) is 252 Å². The van der Waals surface area contributed by atoms with E-state index in [1.54, 1.807) is 123 Å². The van der Waals surface area contributed by atoms with Crippen molar-refractivity contribution in [3.63, 3.8) is 0 Å². The Balaban J connectivity index is 0.574. The maximum atomic E-state index is 15.1. The molecule has 0 spiro atoms. The first kappa shape index (κ1) is 78.9. The van der Waals surface area contributed by atoms with E-state index in [4.69, 9.17) is 27.8 Å². The first-order valence-corrected chi connectivity index (χ1v) is 38.6. The van der Waals surface area contributed by atoms with Crippen LogP contribution in [-0.2, 0) is 56.9 Å². The summed E-state index contributed by atoms with van der Waals surface area (Å²) in [6, 6.07) is 37.5. The molecule has 0 atom stereocenters. The second kappa shape index (κ2) is 34.0. The second-order valence-corrected chi connectivity index (χ2v) is 30.0. The number of amides is 3. The molecular formula is C84H72F9N12O10P. The lowest BCUT2D eigenvalue weighted by atomic mass is 9.89. The number of phosphoric acid groups is 1. The van der Waals surface area contributed by atoms with Crippen LogP contribution < -0.4 is 30.2 Å². The Labute approximate surface area is 656 Å². The van der Waals surface area contributed by atoms with Gasteiger partial charge in [0.2, 0.25) is 17.6 Å².